The third-order valence-corrected chi connectivity index (χ3v) is 4.07. The van der Waals surface area contributed by atoms with Crippen molar-refractivity contribution in [1.82, 2.24) is 20.8 Å². The predicted molar refractivity (Wildman–Crippen MR) is 108 cm³/mol. The van der Waals surface area contributed by atoms with Crippen LogP contribution >= 0.6 is 11.6 Å². The highest BCUT2D eigenvalue weighted by Crippen LogP contribution is 2.19. The van der Waals surface area contributed by atoms with Crippen LogP contribution in [0.15, 0.2) is 58.0 Å². The minimum atomic E-state index is -0.266. The van der Waals surface area contributed by atoms with Gasteiger partial charge in [0.15, 0.2) is 5.96 Å². The molecule has 2 aromatic carbocycles. The lowest BCUT2D eigenvalue weighted by atomic mass is 10.2. The zero-order valence-corrected chi connectivity index (χ0v) is 16.2. The Bertz CT molecular complexity index is 944. The zero-order chi connectivity index (χ0) is 19.8. The summed E-state index contributed by atoms with van der Waals surface area (Å²) in [6, 6.07) is 13.7. The monoisotopic (exact) mass is 401 g/mol. The largest absolute Gasteiger partial charge is 0.357 e. The average Bonchev–Trinajstić information content (AvgIpc) is 3.15. The topological polar surface area (TPSA) is 75.3 Å². The highest BCUT2D eigenvalue weighted by Gasteiger charge is 2.09. The summed E-state index contributed by atoms with van der Waals surface area (Å²) in [5.74, 6) is 1.39. The highest BCUT2D eigenvalue weighted by molar-refractivity contribution is 6.30. The fourth-order valence-corrected chi connectivity index (χ4v) is 2.73. The molecule has 1 heterocycles. The quantitative estimate of drug-likeness (QED) is 0.465. The lowest BCUT2D eigenvalue weighted by molar-refractivity contribution is 0.378. The molecule has 0 saturated carbocycles. The maximum atomic E-state index is 13.3. The first-order chi connectivity index (χ1) is 13.6. The summed E-state index contributed by atoms with van der Waals surface area (Å²) < 4.78 is 18.6. The van der Waals surface area contributed by atoms with Crippen LogP contribution in [0.1, 0.15) is 18.4 Å². The molecule has 0 unspecified atom stereocenters. The Hall–Kier alpha value is -2.93. The van der Waals surface area contributed by atoms with Crippen molar-refractivity contribution in [2.75, 3.05) is 13.1 Å². The molecule has 0 radical (unpaired) electrons. The number of guanidine groups is 1. The minimum Gasteiger partial charge on any atom is -0.357 e. The van der Waals surface area contributed by atoms with Gasteiger partial charge in [0.2, 0.25) is 11.7 Å². The Balaban J connectivity index is 1.55. The Morgan fingerprint density at radius 3 is 2.82 bits per heavy atom. The fourth-order valence-electron chi connectivity index (χ4n) is 2.54. The van der Waals surface area contributed by atoms with Crippen molar-refractivity contribution in [2.24, 2.45) is 4.99 Å². The number of aromatic nitrogens is 2. The molecule has 0 saturated heterocycles. The van der Waals surface area contributed by atoms with Crippen molar-refractivity contribution in [3.63, 3.8) is 0 Å². The van der Waals surface area contributed by atoms with Crippen molar-refractivity contribution in [3.8, 4) is 11.4 Å². The number of aliphatic imine (C=N–C) groups is 1. The smallest absolute Gasteiger partial charge is 0.228 e. The van der Waals surface area contributed by atoms with Gasteiger partial charge in [0.05, 0.1) is 6.54 Å². The Morgan fingerprint density at radius 2 is 2.04 bits per heavy atom. The van der Waals surface area contributed by atoms with Gasteiger partial charge in [-0.3, -0.25) is 0 Å². The summed E-state index contributed by atoms with van der Waals surface area (Å²) in [6.07, 6.45) is 0.540. The van der Waals surface area contributed by atoms with E-state index in [-0.39, 0.29) is 5.82 Å². The lowest BCUT2D eigenvalue weighted by Crippen LogP contribution is -2.38. The van der Waals surface area contributed by atoms with Gasteiger partial charge in [-0.2, -0.15) is 4.98 Å². The summed E-state index contributed by atoms with van der Waals surface area (Å²) >= 11 is 6.00. The van der Waals surface area contributed by atoms with Crippen LogP contribution in [0, 0.1) is 5.82 Å². The number of hydrogen-bond acceptors (Lipinski definition) is 4. The van der Waals surface area contributed by atoms with Gasteiger partial charge in [-0.15, -0.1) is 0 Å². The molecule has 0 bridgehead atoms. The molecule has 0 amide bonds. The third kappa shape index (κ3) is 5.79. The Kier molecular flexibility index (Phi) is 6.97. The van der Waals surface area contributed by atoms with E-state index in [2.05, 4.69) is 25.8 Å². The summed E-state index contributed by atoms with van der Waals surface area (Å²) in [6.45, 7) is 3.64. The molecule has 1 aromatic heterocycles. The van der Waals surface area contributed by atoms with Gasteiger partial charge < -0.3 is 15.2 Å². The van der Waals surface area contributed by atoms with Gasteiger partial charge in [0.25, 0.3) is 0 Å². The number of benzene rings is 2. The van der Waals surface area contributed by atoms with Gasteiger partial charge in [-0.1, -0.05) is 41.0 Å². The van der Waals surface area contributed by atoms with Gasteiger partial charge in [0, 0.05) is 30.1 Å². The van der Waals surface area contributed by atoms with E-state index in [0.717, 1.165) is 11.1 Å². The van der Waals surface area contributed by atoms with E-state index in [9.17, 15) is 4.39 Å². The maximum absolute atomic E-state index is 13.3. The molecule has 8 heteroatoms. The van der Waals surface area contributed by atoms with Crippen molar-refractivity contribution < 1.29 is 8.91 Å². The Morgan fingerprint density at radius 1 is 1.18 bits per heavy atom. The second-order valence-electron chi connectivity index (χ2n) is 6.02. The molecule has 3 aromatic rings. The zero-order valence-electron chi connectivity index (χ0n) is 15.5. The molecule has 6 nitrogen and oxygen atoms in total. The normalized spacial score (nSPS) is 11.5. The van der Waals surface area contributed by atoms with Crippen LogP contribution < -0.4 is 10.6 Å². The molecule has 0 fully saturated rings. The van der Waals surface area contributed by atoms with E-state index < -0.39 is 0 Å². The number of nitrogens with one attached hydrogen (secondary N) is 2. The SMILES string of the molecule is CCNC(=NCc1cccc(F)c1)NCCc1nc(-c2cccc(Cl)c2)no1. The van der Waals surface area contributed by atoms with Crippen LogP contribution in [0.2, 0.25) is 5.02 Å². The molecule has 0 spiro atoms. The van der Waals surface area contributed by atoms with E-state index in [0.29, 0.717) is 48.8 Å². The molecular weight excluding hydrogens is 381 g/mol. The van der Waals surface area contributed by atoms with Crippen LogP contribution in [-0.4, -0.2) is 29.2 Å². The standard InChI is InChI=1S/C20H21ClFN5O/c1-2-23-20(25-13-14-5-3-8-17(22)11-14)24-10-9-18-26-19(27-28-18)15-6-4-7-16(21)12-15/h3-8,11-12H,2,9-10,13H2,1H3,(H2,23,24,25). The average molecular weight is 402 g/mol. The highest BCUT2D eigenvalue weighted by atomic mass is 35.5. The molecule has 28 heavy (non-hydrogen) atoms. The molecule has 3 rings (SSSR count). The van der Waals surface area contributed by atoms with Crippen LogP contribution in [0.4, 0.5) is 4.39 Å². The molecule has 0 aliphatic carbocycles. The molecule has 0 aliphatic rings. The van der Waals surface area contributed by atoms with Crippen molar-refractivity contribution in [3.05, 3.63) is 70.8 Å². The first-order valence-electron chi connectivity index (χ1n) is 8.99. The summed E-state index contributed by atoms with van der Waals surface area (Å²) in [5.41, 5.74) is 1.61. The number of rotatable bonds is 7. The van der Waals surface area contributed by atoms with Crippen LogP contribution in [0.5, 0.6) is 0 Å². The lowest BCUT2D eigenvalue weighted by Gasteiger charge is -2.10. The van der Waals surface area contributed by atoms with Crippen LogP contribution in [-0.2, 0) is 13.0 Å². The second kappa shape index (κ2) is 9.85. The number of hydrogen-bond donors (Lipinski definition) is 2. The summed E-state index contributed by atoms with van der Waals surface area (Å²) in [5, 5.41) is 11.0. The van der Waals surface area contributed by atoms with Crippen molar-refractivity contribution in [1.29, 1.82) is 0 Å². The molecule has 0 atom stereocenters. The van der Waals surface area contributed by atoms with Gasteiger partial charge >= 0.3 is 0 Å². The molecule has 0 aliphatic heterocycles. The first-order valence-corrected chi connectivity index (χ1v) is 9.37. The van der Waals surface area contributed by atoms with E-state index >= 15 is 0 Å². The fraction of sp³-hybridized carbons (Fsp3) is 0.250. The van der Waals surface area contributed by atoms with Gasteiger partial charge in [-0.05, 0) is 36.8 Å². The van der Waals surface area contributed by atoms with Crippen molar-refractivity contribution >= 4 is 17.6 Å². The minimum absolute atomic E-state index is 0.266. The summed E-state index contributed by atoms with van der Waals surface area (Å²) in [7, 11) is 0. The van der Waals surface area contributed by atoms with E-state index in [1.807, 2.05) is 25.1 Å². The van der Waals surface area contributed by atoms with Crippen LogP contribution in [0.3, 0.4) is 0 Å². The van der Waals surface area contributed by atoms with E-state index in [1.54, 1.807) is 18.2 Å². The van der Waals surface area contributed by atoms with Crippen LogP contribution in [0.25, 0.3) is 11.4 Å². The first kappa shape index (κ1) is 19.8. The van der Waals surface area contributed by atoms with E-state index in [4.69, 9.17) is 16.1 Å². The van der Waals surface area contributed by atoms with E-state index in [1.165, 1.54) is 12.1 Å². The maximum Gasteiger partial charge on any atom is 0.228 e. The summed E-state index contributed by atoms with van der Waals surface area (Å²) in [4.78, 5) is 8.85. The van der Waals surface area contributed by atoms with Gasteiger partial charge in [0.1, 0.15) is 5.82 Å². The molecular formula is C20H21ClFN5O. The Labute approximate surface area is 167 Å². The number of nitrogens with zero attached hydrogens (tertiary/aromatic N) is 3. The third-order valence-electron chi connectivity index (χ3n) is 3.84. The van der Waals surface area contributed by atoms with Gasteiger partial charge in [-0.25, -0.2) is 9.38 Å². The van der Waals surface area contributed by atoms with Crippen molar-refractivity contribution in [2.45, 2.75) is 19.9 Å². The molecule has 2 N–H and O–H groups in total. The number of halogens is 2. The second-order valence-corrected chi connectivity index (χ2v) is 6.46. The molecule has 146 valence electrons. The predicted octanol–water partition coefficient (Wildman–Crippen LogP) is 3.83.